The van der Waals surface area contributed by atoms with Crippen LogP contribution in [0.4, 0.5) is 5.13 Å². The molecule has 0 unspecified atom stereocenters. The number of nitrogens with one attached hydrogen (secondary N) is 1. The molecule has 1 amide bonds. The molecule has 1 aliphatic carbocycles. The third-order valence-electron chi connectivity index (χ3n) is 3.19. The van der Waals surface area contributed by atoms with Gasteiger partial charge in [0.05, 0.1) is 11.3 Å². The van der Waals surface area contributed by atoms with Gasteiger partial charge in [-0.3, -0.25) is 10.1 Å². The van der Waals surface area contributed by atoms with Crippen molar-refractivity contribution in [2.75, 3.05) is 5.32 Å². The molecule has 2 aromatic rings. The Morgan fingerprint density at radius 1 is 1.25 bits per heavy atom. The zero-order valence-electron chi connectivity index (χ0n) is 10.5. The van der Waals surface area contributed by atoms with E-state index < -0.39 is 5.97 Å². The number of carboxylic acid groups (broad SMARTS) is 1. The van der Waals surface area contributed by atoms with E-state index in [0.29, 0.717) is 10.7 Å². The van der Waals surface area contributed by atoms with Crippen molar-refractivity contribution in [2.24, 2.45) is 0 Å². The van der Waals surface area contributed by atoms with Crippen LogP contribution in [-0.2, 0) is 12.8 Å². The van der Waals surface area contributed by atoms with E-state index in [-0.39, 0.29) is 11.5 Å². The number of aromatic nitrogens is 1. The first-order valence-corrected chi connectivity index (χ1v) is 7.08. The Kier molecular flexibility index (Phi) is 3.23. The van der Waals surface area contributed by atoms with Gasteiger partial charge < -0.3 is 5.11 Å². The third-order valence-corrected chi connectivity index (χ3v) is 4.26. The predicted octanol–water partition coefficient (Wildman–Crippen LogP) is 2.58. The van der Waals surface area contributed by atoms with Gasteiger partial charge in [0.15, 0.2) is 5.13 Å². The Labute approximate surface area is 119 Å². The van der Waals surface area contributed by atoms with Gasteiger partial charge in [-0.2, -0.15) is 0 Å². The second kappa shape index (κ2) is 5.05. The van der Waals surface area contributed by atoms with Crippen molar-refractivity contribution in [3.8, 4) is 0 Å². The average molecular weight is 288 g/mol. The number of fused-ring (bicyclic) bond motifs is 1. The lowest BCUT2D eigenvalue weighted by Crippen LogP contribution is -2.12. The van der Waals surface area contributed by atoms with Crippen molar-refractivity contribution in [3.05, 3.63) is 46.0 Å². The van der Waals surface area contributed by atoms with Crippen LogP contribution in [0.1, 0.15) is 37.7 Å². The van der Waals surface area contributed by atoms with Crippen LogP contribution in [-0.4, -0.2) is 22.0 Å². The first kappa shape index (κ1) is 12.8. The van der Waals surface area contributed by atoms with E-state index in [1.54, 1.807) is 12.1 Å². The minimum Gasteiger partial charge on any atom is -0.478 e. The Hall–Kier alpha value is -2.21. The molecule has 5 nitrogen and oxygen atoms in total. The van der Waals surface area contributed by atoms with Crippen LogP contribution in [0.5, 0.6) is 0 Å². The number of anilines is 1. The molecule has 1 aromatic heterocycles. The van der Waals surface area contributed by atoms with E-state index in [4.69, 9.17) is 5.11 Å². The lowest BCUT2D eigenvalue weighted by Gasteiger charge is -2.03. The molecule has 3 rings (SSSR count). The molecule has 0 radical (unpaired) electrons. The number of carboxylic acids is 1. The molecule has 2 N–H and O–H groups in total. The number of aromatic carboxylic acids is 1. The summed E-state index contributed by atoms with van der Waals surface area (Å²) in [5, 5.41) is 12.2. The highest BCUT2D eigenvalue weighted by molar-refractivity contribution is 7.15. The molecule has 0 saturated carbocycles. The number of carbonyl (C=O) groups excluding carboxylic acids is 1. The lowest BCUT2D eigenvalue weighted by atomic mass is 10.1. The summed E-state index contributed by atoms with van der Waals surface area (Å²) in [6.45, 7) is 0. The van der Waals surface area contributed by atoms with Gasteiger partial charge in [0.25, 0.3) is 5.91 Å². The smallest absolute Gasteiger partial charge is 0.335 e. The number of rotatable bonds is 3. The molecule has 1 aliphatic rings. The molecule has 0 spiro atoms. The lowest BCUT2D eigenvalue weighted by molar-refractivity contribution is 0.0697. The zero-order valence-corrected chi connectivity index (χ0v) is 11.4. The topological polar surface area (TPSA) is 79.3 Å². The van der Waals surface area contributed by atoms with Gasteiger partial charge in [-0.25, -0.2) is 9.78 Å². The predicted molar refractivity (Wildman–Crippen MR) is 75.5 cm³/mol. The fraction of sp³-hybridized carbons (Fsp3) is 0.214. The number of hydrogen-bond donors (Lipinski definition) is 2. The second-order valence-corrected chi connectivity index (χ2v) is 5.67. The van der Waals surface area contributed by atoms with Crippen LogP contribution in [0.15, 0.2) is 24.3 Å². The van der Waals surface area contributed by atoms with Crippen molar-refractivity contribution in [1.82, 2.24) is 4.98 Å². The molecule has 102 valence electrons. The molecule has 0 atom stereocenters. The minimum absolute atomic E-state index is 0.0966. The quantitative estimate of drug-likeness (QED) is 0.909. The van der Waals surface area contributed by atoms with Gasteiger partial charge in [0.1, 0.15) is 0 Å². The highest BCUT2D eigenvalue weighted by atomic mass is 32.1. The number of aryl methyl sites for hydroxylation is 2. The maximum atomic E-state index is 12.1. The van der Waals surface area contributed by atoms with Crippen molar-refractivity contribution < 1.29 is 14.7 Å². The fourth-order valence-electron chi connectivity index (χ4n) is 2.21. The van der Waals surface area contributed by atoms with Gasteiger partial charge in [0.2, 0.25) is 0 Å². The number of hydrogen-bond acceptors (Lipinski definition) is 4. The van der Waals surface area contributed by atoms with Crippen molar-refractivity contribution >= 4 is 28.3 Å². The highest BCUT2D eigenvalue weighted by Crippen LogP contribution is 2.30. The molecule has 1 heterocycles. The number of nitrogens with zero attached hydrogens (tertiary/aromatic N) is 1. The Bertz CT molecular complexity index is 672. The maximum Gasteiger partial charge on any atom is 0.335 e. The molecule has 0 aliphatic heterocycles. The van der Waals surface area contributed by atoms with Crippen molar-refractivity contribution in [2.45, 2.75) is 19.3 Å². The van der Waals surface area contributed by atoms with E-state index in [1.807, 2.05) is 0 Å². The monoisotopic (exact) mass is 288 g/mol. The van der Waals surface area contributed by atoms with Gasteiger partial charge in [0, 0.05) is 10.4 Å². The largest absolute Gasteiger partial charge is 0.478 e. The second-order valence-electron chi connectivity index (χ2n) is 4.58. The van der Waals surface area contributed by atoms with Gasteiger partial charge >= 0.3 is 5.97 Å². The van der Waals surface area contributed by atoms with E-state index in [2.05, 4.69) is 10.3 Å². The zero-order chi connectivity index (χ0) is 14.1. The molecular weight excluding hydrogens is 276 g/mol. The fourth-order valence-corrected chi connectivity index (χ4v) is 3.25. The SMILES string of the molecule is O=C(O)c1cccc(C(=O)Nc2nc3c(s2)CCC3)c1. The van der Waals surface area contributed by atoms with E-state index in [1.165, 1.54) is 28.3 Å². The van der Waals surface area contributed by atoms with Gasteiger partial charge in [-0.1, -0.05) is 6.07 Å². The highest BCUT2D eigenvalue weighted by Gasteiger charge is 2.18. The van der Waals surface area contributed by atoms with E-state index in [0.717, 1.165) is 25.0 Å². The summed E-state index contributed by atoms with van der Waals surface area (Å²) < 4.78 is 0. The average Bonchev–Trinajstić information content (AvgIpc) is 2.99. The maximum absolute atomic E-state index is 12.1. The van der Waals surface area contributed by atoms with Gasteiger partial charge in [-0.15, -0.1) is 11.3 Å². The Morgan fingerprint density at radius 2 is 2.05 bits per heavy atom. The van der Waals surface area contributed by atoms with Crippen LogP contribution in [0.25, 0.3) is 0 Å². The minimum atomic E-state index is -1.05. The molecule has 6 heteroatoms. The normalized spacial score (nSPS) is 13.0. The molecule has 0 fully saturated rings. The molecule has 0 saturated heterocycles. The molecule has 20 heavy (non-hydrogen) atoms. The first-order valence-electron chi connectivity index (χ1n) is 6.27. The standard InChI is InChI=1S/C14H12N2O3S/c17-12(8-3-1-4-9(7-8)13(18)19)16-14-15-10-5-2-6-11(10)20-14/h1,3-4,7H,2,5-6H2,(H,18,19)(H,15,16,17). The van der Waals surface area contributed by atoms with Crippen LogP contribution < -0.4 is 5.32 Å². The number of benzene rings is 1. The summed E-state index contributed by atoms with van der Waals surface area (Å²) in [7, 11) is 0. The van der Waals surface area contributed by atoms with Gasteiger partial charge in [-0.05, 0) is 37.5 Å². The number of amides is 1. The number of carbonyl (C=O) groups is 2. The van der Waals surface area contributed by atoms with Crippen LogP contribution in [0.2, 0.25) is 0 Å². The Morgan fingerprint density at radius 3 is 2.80 bits per heavy atom. The third kappa shape index (κ3) is 2.42. The van der Waals surface area contributed by atoms with E-state index >= 15 is 0 Å². The Balaban J connectivity index is 1.78. The van der Waals surface area contributed by atoms with Crippen LogP contribution in [0.3, 0.4) is 0 Å². The summed E-state index contributed by atoms with van der Waals surface area (Å²) in [5.41, 5.74) is 1.49. The van der Waals surface area contributed by atoms with Crippen LogP contribution in [0, 0.1) is 0 Å². The molecular formula is C14H12N2O3S. The number of thiazole rings is 1. The van der Waals surface area contributed by atoms with Crippen LogP contribution >= 0.6 is 11.3 Å². The van der Waals surface area contributed by atoms with Crippen molar-refractivity contribution in [1.29, 1.82) is 0 Å². The molecule has 0 bridgehead atoms. The summed E-state index contributed by atoms with van der Waals surface area (Å²) in [5.74, 6) is -1.38. The molecule has 1 aromatic carbocycles. The van der Waals surface area contributed by atoms with E-state index in [9.17, 15) is 9.59 Å². The summed E-state index contributed by atoms with van der Waals surface area (Å²) in [4.78, 5) is 28.6. The summed E-state index contributed by atoms with van der Waals surface area (Å²) >= 11 is 1.50. The summed E-state index contributed by atoms with van der Waals surface area (Å²) in [6.07, 6.45) is 3.12. The summed E-state index contributed by atoms with van der Waals surface area (Å²) in [6, 6.07) is 5.96. The van der Waals surface area contributed by atoms with Crippen molar-refractivity contribution in [3.63, 3.8) is 0 Å². The first-order chi connectivity index (χ1) is 9.63.